The molecule has 0 unspecified atom stereocenters. The minimum absolute atomic E-state index is 0.0705. The maximum Gasteiger partial charge on any atom is 0.573 e. The number of rotatable bonds is 9. The molecule has 2 aromatic carbocycles. The number of hydrogen-bond acceptors (Lipinski definition) is 11. The van der Waals surface area contributed by atoms with Crippen molar-refractivity contribution in [2.45, 2.75) is 46.7 Å². The second-order valence-electron chi connectivity index (χ2n) is 13.6. The van der Waals surface area contributed by atoms with Crippen molar-refractivity contribution in [1.29, 1.82) is 0 Å². The molecule has 0 bridgehead atoms. The number of hydrazine groups is 1. The number of carbonyl (C=O) groups excluding carboxylic acids is 2. The van der Waals surface area contributed by atoms with Gasteiger partial charge in [-0.2, -0.15) is 23.4 Å². The number of alkyl halides is 6. The molecule has 348 valence electrons. The molecule has 0 saturated carbocycles. The number of nitrogens with two attached hydrogens (primary N) is 1. The van der Waals surface area contributed by atoms with E-state index in [0.29, 0.717) is 23.4 Å². The van der Waals surface area contributed by atoms with Gasteiger partial charge in [0.05, 0.1) is 46.9 Å². The van der Waals surface area contributed by atoms with Gasteiger partial charge in [-0.1, -0.05) is 56.7 Å². The topological polar surface area (TPSA) is 204 Å². The highest BCUT2D eigenvalue weighted by Gasteiger charge is 2.34. The van der Waals surface area contributed by atoms with Crippen molar-refractivity contribution < 1.29 is 45.1 Å². The molecule has 0 atom stereocenters. The Morgan fingerprint density at radius 3 is 2.15 bits per heavy atom. The third-order valence-electron chi connectivity index (χ3n) is 8.64. The van der Waals surface area contributed by atoms with E-state index in [9.17, 15) is 40.3 Å². The third kappa shape index (κ3) is 13.6. The molecular weight excluding hydrogens is 892 g/mol. The fourth-order valence-electron chi connectivity index (χ4n) is 5.72. The molecule has 6 heterocycles. The van der Waals surface area contributed by atoms with E-state index in [1.54, 1.807) is 41.0 Å². The van der Waals surface area contributed by atoms with Gasteiger partial charge in [-0.25, -0.2) is 39.2 Å². The lowest BCUT2D eigenvalue weighted by molar-refractivity contribution is -0.274. The average molecular weight is 932 g/mol. The van der Waals surface area contributed by atoms with Crippen LogP contribution in [0.3, 0.4) is 0 Å². The van der Waals surface area contributed by atoms with Crippen LogP contribution >= 0.6 is 0 Å². The third-order valence-corrected chi connectivity index (χ3v) is 8.64. The molecule has 6 aromatic heterocycles. The van der Waals surface area contributed by atoms with Gasteiger partial charge in [-0.05, 0) is 56.3 Å². The summed E-state index contributed by atoms with van der Waals surface area (Å²) in [5.74, 6) is 3.95. The molecule has 0 aliphatic rings. The van der Waals surface area contributed by atoms with Crippen LogP contribution in [-0.2, 0) is 11.0 Å². The molecule has 23 heteroatoms. The maximum absolute atomic E-state index is 13.1. The number of ether oxygens (including phenoxy) is 1. The van der Waals surface area contributed by atoms with Gasteiger partial charge in [0.1, 0.15) is 29.3 Å². The summed E-state index contributed by atoms with van der Waals surface area (Å²) in [4.78, 5) is 42.7. The number of carbonyl (C=O) groups is 2. The molecule has 0 spiro atoms. The molecule has 8 aromatic rings. The number of aryl methyl sites for hydroxylation is 2. The van der Waals surface area contributed by atoms with Crippen LogP contribution in [0.2, 0.25) is 0 Å². The number of benzene rings is 2. The summed E-state index contributed by atoms with van der Waals surface area (Å²) in [5, 5.41) is 13.3. The molecule has 0 aliphatic heterocycles. The van der Waals surface area contributed by atoms with Crippen molar-refractivity contribution in [3.8, 4) is 28.3 Å². The summed E-state index contributed by atoms with van der Waals surface area (Å²) in [7, 11) is 0. The van der Waals surface area contributed by atoms with Crippen LogP contribution in [0.25, 0.3) is 33.8 Å². The van der Waals surface area contributed by atoms with Gasteiger partial charge in [0.25, 0.3) is 5.91 Å². The number of aromatic nitrogens is 8. The summed E-state index contributed by atoms with van der Waals surface area (Å²) in [6, 6.07) is 19.9. The second-order valence-corrected chi connectivity index (χ2v) is 13.6. The number of halogens is 7. The van der Waals surface area contributed by atoms with E-state index >= 15 is 0 Å². The summed E-state index contributed by atoms with van der Waals surface area (Å²) in [6.45, 7) is 7.94. The number of nitrogens with one attached hydrogen (secondary N) is 3. The average Bonchev–Trinajstić information content (AvgIpc) is 3.83. The van der Waals surface area contributed by atoms with Crippen molar-refractivity contribution in [2.75, 3.05) is 10.6 Å². The number of pyridine rings is 2. The molecule has 8 rings (SSSR count). The van der Waals surface area contributed by atoms with E-state index in [1.165, 1.54) is 84.4 Å². The highest BCUT2D eigenvalue weighted by atomic mass is 19.4. The molecule has 5 N–H and O–H groups in total. The molecule has 16 nitrogen and oxygen atoms in total. The number of fused-ring (bicyclic) bond motifs is 2. The number of anilines is 2. The minimum atomic E-state index is -4.86. The minimum Gasteiger partial charge on any atom is -0.405 e. The molecule has 0 radical (unpaired) electrons. The zero-order chi connectivity index (χ0) is 48.7. The number of para-hydroxylation sites is 1. The van der Waals surface area contributed by atoms with E-state index in [2.05, 4.69) is 69.8 Å². The zero-order valence-electron chi connectivity index (χ0n) is 35.8. The van der Waals surface area contributed by atoms with Gasteiger partial charge in [-0.15, -0.1) is 13.2 Å². The van der Waals surface area contributed by atoms with Crippen molar-refractivity contribution in [3.05, 3.63) is 144 Å². The molecule has 67 heavy (non-hydrogen) atoms. The second kappa shape index (κ2) is 22.5. The van der Waals surface area contributed by atoms with Gasteiger partial charge >= 0.3 is 12.5 Å². The number of nitrogens with zero attached hydrogens (tertiary/aromatic N) is 9. The number of amides is 2. The van der Waals surface area contributed by atoms with Crippen LogP contribution in [-0.4, -0.2) is 64.2 Å². The van der Waals surface area contributed by atoms with Gasteiger partial charge in [-0.3, -0.25) is 14.6 Å². The van der Waals surface area contributed by atoms with E-state index in [-0.39, 0.29) is 39.7 Å². The van der Waals surface area contributed by atoms with E-state index in [0.717, 1.165) is 23.5 Å². The summed E-state index contributed by atoms with van der Waals surface area (Å²) < 4.78 is 96.9. The lowest BCUT2D eigenvalue weighted by Crippen LogP contribution is -2.18. The Morgan fingerprint density at radius 1 is 0.821 bits per heavy atom. The summed E-state index contributed by atoms with van der Waals surface area (Å²) in [5.41, 5.74) is 5.35. The highest BCUT2D eigenvalue weighted by Crippen LogP contribution is 2.37. The van der Waals surface area contributed by atoms with Crippen LogP contribution in [0, 0.1) is 19.7 Å². The van der Waals surface area contributed by atoms with Crippen molar-refractivity contribution in [1.82, 2.24) is 44.6 Å². The monoisotopic (exact) mass is 931 g/mol. The fourth-order valence-corrected chi connectivity index (χ4v) is 5.72. The Bertz CT molecular complexity index is 2970. The Balaban J connectivity index is 0.000000209. The van der Waals surface area contributed by atoms with Crippen molar-refractivity contribution in [2.24, 2.45) is 10.8 Å². The first kappa shape index (κ1) is 49.7. The quantitative estimate of drug-likeness (QED) is 0.0268. The molecule has 0 saturated heterocycles. The first-order chi connectivity index (χ1) is 32.0. The zero-order valence-corrected chi connectivity index (χ0v) is 35.8. The Kier molecular flexibility index (Phi) is 16.7. The van der Waals surface area contributed by atoms with Crippen molar-refractivity contribution in [3.63, 3.8) is 0 Å². The van der Waals surface area contributed by atoms with Gasteiger partial charge in [0, 0.05) is 35.2 Å². The largest absolute Gasteiger partial charge is 0.573 e. The highest BCUT2D eigenvalue weighted by molar-refractivity contribution is 6.05. The smallest absolute Gasteiger partial charge is 0.405 e. The Hall–Kier alpha value is -8.34. The predicted molar refractivity (Wildman–Crippen MR) is 236 cm³/mol. The van der Waals surface area contributed by atoms with Gasteiger partial charge in [0.2, 0.25) is 6.41 Å². The molecule has 2 amide bonds. The standard InChI is InChI=1S/C20H15F3N8O2.C15H12F3N3.C6H5FN2O.C3H8/c21-20(22,23)33-16-6-2-1-4-12(16)13-8-9-31-18(29-13)15(10-27-31)30-19(32)14-5-3-7-17(28-14)25-11-26-24;1-9-10(2)20-21-8-7-13(19-14(9)21)11-5-3-4-6-12(11)15(16,17)18;7-5-1-6(9-4-10)3-8-2-5;1-3-2/h1-11H,24H2,(H,30,32)(H,25,26,28);3-8H,1-2H3;1-4H,(H,9,10);3H2,1-2H3. The van der Waals surface area contributed by atoms with Crippen LogP contribution in [0.1, 0.15) is 47.6 Å². The van der Waals surface area contributed by atoms with Crippen LogP contribution < -0.4 is 26.6 Å². The number of aliphatic imine (C=N–C) groups is 1. The normalized spacial score (nSPS) is 11.1. The maximum atomic E-state index is 13.1. The summed E-state index contributed by atoms with van der Waals surface area (Å²) in [6.07, 6.45) is 0.584. The lowest BCUT2D eigenvalue weighted by atomic mass is 10.0. The van der Waals surface area contributed by atoms with E-state index in [4.69, 9.17) is 5.84 Å². The van der Waals surface area contributed by atoms with Crippen LogP contribution in [0.15, 0.2) is 121 Å². The van der Waals surface area contributed by atoms with Gasteiger partial charge < -0.3 is 20.8 Å². The SMILES string of the molecule is CCC.Cc1nn2ccc(-c3ccccc3C(F)(F)F)nc2c1C.NN/C=N/c1cccc(C(=O)Nc2cnn3ccc(-c4ccccc4OC(F)(F)F)nc23)n1.O=CNc1cncc(F)c1. The van der Waals surface area contributed by atoms with Gasteiger partial charge in [0.15, 0.2) is 17.1 Å². The lowest BCUT2D eigenvalue weighted by Gasteiger charge is -2.13. The molecule has 0 fully saturated rings. The first-order valence-corrected chi connectivity index (χ1v) is 19.7. The van der Waals surface area contributed by atoms with E-state index < -0.39 is 35.6 Å². The first-order valence-electron chi connectivity index (χ1n) is 19.7. The number of hydrogen-bond donors (Lipinski definition) is 4. The van der Waals surface area contributed by atoms with Crippen LogP contribution in [0.4, 0.5) is 47.9 Å². The van der Waals surface area contributed by atoms with Crippen LogP contribution in [0.5, 0.6) is 5.75 Å². The van der Waals surface area contributed by atoms with E-state index in [1.807, 2.05) is 13.8 Å². The summed E-state index contributed by atoms with van der Waals surface area (Å²) >= 11 is 0. The molecular formula is C44H40F7N13O3. The Labute approximate surface area is 376 Å². The van der Waals surface area contributed by atoms with Crippen molar-refractivity contribution >= 4 is 47.1 Å². The predicted octanol–water partition coefficient (Wildman–Crippen LogP) is 9.30. The Morgan fingerprint density at radius 2 is 1.48 bits per heavy atom. The molecule has 0 aliphatic carbocycles. The fraction of sp³-hybridized carbons (Fsp3) is 0.159.